The molecule has 0 bridgehead atoms. The molecule has 0 aliphatic heterocycles. The average Bonchev–Trinajstić information content (AvgIpc) is 3.09. The van der Waals surface area contributed by atoms with Crippen molar-refractivity contribution >= 4 is 6.09 Å². The maximum absolute atomic E-state index is 13.5. The van der Waals surface area contributed by atoms with Gasteiger partial charge in [-0.1, -0.05) is 24.3 Å². The van der Waals surface area contributed by atoms with Gasteiger partial charge >= 0.3 is 12.3 Å². The molecule has 1 amide bonds. The highest BCUT2D eigenvalue weighted by atomic mass is 19.4. The number of hydrogen-bond donors (Lipinski definition) is 3. The topological polar surface area (TPSA) is 96.6 Å². The van der Waals surface area contributed by atoms with E-state index in [1.807, 2.05) is 0 Å². The molecule has 0 saturated heterocycles. The van der Waals surface area contributed by atoms with Crippen molar-refractivity contribution in [1.29, 1.82) is 0 Å². The molecule has 0 radical (unpaired) electrons. The van der Waals surface area contributed by atoms with Gasteiger partial charge in [-0.25, -0.2) is 9.48 Å². The summed E-state index contributed by atoms with van der Waals surface area (Å²) in [6.07, 6.45) is -4.79. The minimum absolute atomic E-state index is 0.0389. The van der Waals surface area contributed by atoms with Gasteiger partial charge in [0.05, 0.1) is 11.9 Å². The molecule has 152 valence electrons. The summed E-state index contributed by atoms with van der Waals surface area (Å²) < 4.78 is 46.0. The van der Waals surface area contributed by atoms with E-state index in [-0.39, 0.29) is 30.2 Å². The summed E-state index contributed by atoms with van der Waals surface area (Å²) in [5, 5.41) is 24.7. The summed E-state index contributed by atoms with van der Waals surface area (Å²) in [4.78, 5) is 11.9. The number of ether oxygens (including phenoxy) is 1. The van der Waals surface area contributed by atoms with Gasteiger partial charge in [0.15, 0.2) is 22.9 Å². The molecule has 3 N–H and O–H groups in total. The molecule has 10 heteroatoms. The van der Waals surface area contributed by atoms with Crippen LogP contribution >= 0.6 is 0 Å². The number of amides is 1. The number of alkyl halides is 3. The van der Waals surface area contributed by atoms with Gasteiger partial charge in [-0.2, -0.15) is 18.3 Å². The van der Waals surface area contributed by atoms with Crippen molar-refractivity contribution in [3.8, 4) is 22.9 Å². The Kier molecular flexibility index (Phi) is 5.62. The van der Waals surface area contributed by atoms with Gasteiger partial charge in [0, 0.05) is 6.54 Å². The molecule has 0 fully saturated rings. The fraction of sp³-hybridized carbons (Fsp3) is 0.158. The van der Waals surface area contributed by atoms with Crippen LogP contribution in [0.3, 0.4) is 0 Å². The first-order valence-electron chi connectivity index (χ1n) is 8.43. The van der Waals surface area contributed by atoms with Crippen LogP contribution in [0.25, 0.3) is 5.69 Å². The third-order valence-electron chi connectivity index (χ3n) is 3.93. The number of carbonyl (C=O) groups excluding carboxylic acids is 1. The zero-order chi connectivity index (χ0) is 21.0. The molecule has 0 unspecified atom stereocenters. The summed E-state index contributed by atoms with van der Waals surface area (Å²) in [7, 11) is 0. The number of para-hydroxylation sites is 1. The van der Waals surface area contributed by atoms with E-state index in [1.54, 1.807) is 18.2 Å². The Balaban J connectivity index is 1.68. The number of benzene rings is 2. The van der Waals surface area contributed by atoms with Crippen LogP contribution in [0.4, 0.5) is 18.0 Å². The van der Waals surface area contributed by atoms with E-state index in [4.69, 9.17) is 4.74 Å². The number of carbonyl (C=O) groups is 1. The van der Waals surface area contributed by atoms with Crippen LogP contribution in [0, 0.1) is 0 Å². The Hall–Kier alpha value is -3.69. The Morgan fingerprint density at radius 1 is 1.10 bits per heavy atom. The van der Waals surface area contributed by atoms with Crippen molar-refractivity contribution in [2.75, 3.05) is 6.54 Å². The lowest BCUT2D eigenvalue weighted by Gasteiger charge is -2.12. The minimum atomic E-state index is -4.80. The SMILES string of the molecule is O=C(NCCc1ccc(O)c(O)c1)Oc1cnn(-c2ccccc2)c1C(F)(F)F. The number of hydrogen-bond acceptors (Lipinski definition) is 5. The lowest BCUT2D eigenvalue weighted by Crippen LogP contribution is -2.29. The number of aromatic nitrogens is 2. The number of phenols is 2. The average molecular weight is 407 g/mol. The van der Waals surface area contributed by atoms with E-state index in [0.717, 1.165) is 6.20 Å². The van der Waals surface area contributed by atoms with E-state index >= 15 is 0 Å². The number of phenolic OH excluding ortho intramolecular Hbond substituents is 2. The molecular formula is C19H16F3N3O4. The molecule has 0 spiro atoms. The van der Waals surface area contributed by atoms with Gasteiger partial charge in [0.1, 0.15) is 0 Å². The Bertz CT molecular complexity index is 1000. The number of nitrogens with one attached hydrogen (secondary N) is 1. The third-order valence-corrected chi connectivity index (χ3v) is 3.93. The normalized spacial score (nSPS) is 11.3. The maximum Gasteiger partial charge on any atom is 0.437 e. The minimum Gasteiger partial charge on any atom is -0.504 e. The predicted molar refractivity (Wildman–Crippen MR) is 96.1 cm³/mol. The van der Waals surface area contributed by atoms with Crippen LogP contribution in [0.15, 0.2) is 54.7 Å². The van der Waals surface area contributed by atoms with Crippen molar-refractivity contribution < 1.29 is 32.9 Å². The number of halogens is 3. The second-order valence-electron chi connectivity index (χ2n) is 5.99. The smallest absolute Gasteiger partial charge is 0.437 e. The lowest BCUT2D eigenvalue weighted by molar-refractivity contribution is -0.143. The fourth-order valence-corrected chi connectivity index (χ4v) is 2.60. The highest BCUT2D eigenvalue weighted by Crippen LogP contribution is 2.37. The largest absolute Gasteiger partial charge is 0.504 e. The molecule has 0 atom stereocenters. The van der Waals surface area contributed by atoms with Gasteiger partial charge in [-0.3, -0.25) is 0 Å². The lowest BCUT2D eigenvalue weighted by atomic mass is 10.1. The van der Waals surface area contributed by atoms with Crippen LogP contribution in [-0.4, -0.2) is 32.6 Å². The summed E-state index contributed by atoms with van der Waals surface area (Å²) in [5.41, 5.74) is -0.432. The number of aromatic hydroxyl groups is 2. The van der Waals surface area contributed by atoms with E-state index < -0.39 is 23.7 Å². The second-order valence-corrected chi connectivity index (χ2v) is 5.99. The highest BCUT2D eigenvalue weighted by Gasteiger charge is 2.40. The van der Waals surface area contributed by atoms with Crippen LogP contribution in [-0.2, 0) is 12.6 Å². The molecule has 29 heavy (non-hydrogen) atoms. The van der Waals surface area contributed by atoms with Crippen LogP contribution in [0.2, 0.25) is 0 Å². The molecule has 0 aliphatic rings. The van der Waals surface area contributed by atoms with E-state index in [0.29, 0.717) is 10.2 Å². The predicted octanol–water partition coefficient (Wildman–Crippen LogP) is 3.63. The van der Waals surface area contributed by atoms with E-state index in [9.17, 15) is 28.2 Å². The van der Waals surface area contributed by atoms with Crippen molar-refractivity contribution in [3.63, 3.8) is 0 Å². The molecule has 0 saturated carbocycles. The zero-order valence-corrected chi connectivity index (χ0v) is 14.8. The van der Waals surface area contributed by atoms with Crippen LogP contribution < -0.4 is 10.1 Å². The monoisotopic (exact) mass is 407 g/mol. The summed E-state index contributed by atoms with van der Waals surface area (Å²) in [6.45, 7) is 0.0389. The highest BCUT2D eigenvalue weighted by molar-refractivity contribution is 5.70. The first kappa shape index (κ1) is 20.1. The van der Waals surface area contributed by atoms with E-state index in [2.05, 4.69) is 10.4 Å². The van der Waals surface area contributed by atoms with Gasteiger partial charge in [-0.15, -0.1) is 0 Å². The molecule has 1 aromatic heterocycles. The number of rotatable bonds is 5. The Morgan fingerprint density at radius 3 is 2.48 bits per heavy atom. The van der Waals surface area contributed by atoms with Crippen molar-refractivity contribution in [1.82, 2.24) is 15.1 Å². The quantitative estimate of drug-likeness (QED) is 0.562. The fourth-order valence-electron chi connectivity index (χ4n) is 2.60. The van der Waals surface area contributed by atoms with Gasteiger partial charge in [0.25, 0.3) is 0 Å². The number of nitrogens with zero attached hydrogens (tertiary/aromatic N) is 2. The van der Waals surface area contributed by atoms with E-state index in [1.165, 1.54) is 30.3 Å². The molecule has 1 heterocycles. The van der Waals surface area contributed by atoms with Crippen LogP contribution in [0.1, 0.15) is 11.3 Å². The van der Waals surface area contributed by atoms with Crippen molar-refractivity contribution in [2.24, 2.45) is 0 Å². The standard InChI is InChI=1S/C19H16F3N3O4/c20-19(21,22)17-16(11-24-25(17)13-4-2-1-3-5-13)29-18(28)23-9-8-12-6-7-14(26)15(27)10-12/h1-7,10-11,26-27H,8-9H2,(H,23,28). The molecular weight excluding hydrogens is 391 g/mol. The molecule has 7 nitrogen and oxygen atoms in total. The van der Waals surface area contributed by atoms with Crippen molar-refractivity contribution in [2.45, 2.75) is 12.6 Å². The molecule has 3 aromatic rings. The Morgan fingerprint density at radius 2 is 1.83 bits per heavy atom. The Labute approximate surface area is 163 Å². The summed E-state index contributed by atoms with van der Waals surface area (Å²) in [5.74, 6) is -1.31. The maximum atomic E-state index is 13.5. The van der Waals surface area contributed by atoms with Gasteiger partial charge < -0.3 is 20.3 Å². The van der Waals surface area contributed by atoms with Crippen molar-refractivity contribution in [3.05, 3.63) is 66.0 Å². The first-order valence-corrected chi connectivity index (χ1v) is 8.43. The first-order chi connectivity index (χ1) is 13.8. The molecule has 3 rings (SSSR count). The second kappa shape index (κ2) is 8.13. The van der Waals surface area contributed by atoms with Gasteiger partial charge in [-0.05, 0) is 36.2 Å². The summed E-state index contributed by atoms with van der Waals surface area (Å²) >= 11 is 0. The van der Waals surface area contributed by atoms with Crippen LogP contribution in [0.5, 0.6) is 17.2 Å². The summed E-state index contributed by atoms with van der Waals surface area (Å²) in [6, 6.07) is 11.8. The van der Waals surface area contributed by atoms with Gasteiger partial charge in [0.2, 0.25) is 0 Å². The molecule has 0 aliphatic carbocycles. The third kappa shape index (κ3) is 4.78. The molecule has 2 aromatic carbocycles. The zero-order valence-electron chi connectivity index (χ0n) is 14.8.